The average molecular weight is 324 g/mol. The van der Waals surface area contributed by atoms with Gasteiger partial charge in [0.05, 0.1) is 12.0 Å². The molecule has 0 bridgehead atoms. The summed E-state index contributed by atoms with van der Waals surface area (Å²) < 4.78 is -0.821. The molecule has 2 saturated carbocycles. The second kappa shape index (κ2) is 4.89. The number of carbonyl (C=O) groups is 1. The number of rotatable bonds is 3. The van der Waals surface area contributed by atoms with Crippen LogP contribution in [-0.4, -0.2) is 21.2 Å². The van der Waals surface area contributed by atoms with Gasteiger partial charge in [0.15, 0.2) is 0 Å². The minimum Gasteiger partial charge on any atom is -0.332 e. The minimum absolute atomic E-state index is 0.171. The minimum atomic E-state index is -0.821. The van der Waals surface area contributed by atoms with Gasteiger partial charge in [-0.2, -0.15) is 0 Å². The van der Waals surface area contributed by atoms with Gasteiger partial charge in [-0.25, -0.2) is 0 Å². The van der Waals surface area contributed by atoms with Crippen LogP contribution in [0, 0.1) is 5.92 Å². The molecule has 0 spiro atoms. The van der Waals surface area contributed by atoms with Gasteiger partial charge >= 0.3 is 0 Å². The Morgan fingerprint density at radius 1 is 1.19 bits per heavy atom. The first-order chi connectivity index (χ1) is 10.1. The van der Waals surface area contributed by atoms with E-state index in [4.69, 9.17) is 23.2 Å². The molecular weight excluding hydrogens is 305 g/mol. The molecular formula is C17H19Cl2NO. The molecule has 3 aliphatic carbocycles. The molecule has 0 N–H and O–H groups in total. The van der Waals surface area contributed by atoms with Crippen molar-refractivity contribution in [2.75, 3.05) is 0 Å². The van der Waals surface area contributed by atoms with Gasteiger partial charge < -0.3 is 4.90 Å². The zero-order valence-electron chi connectivity index (χ0n) is 11.9. The van der Waals surface area contributed by atoms with Crippen LogP contribution in [0.5, 0.6) is 0 Å². The highest BCUT2D eigenvalue weighted by atomic mass is 35.5. The number of fused-ring (bicyclic) bond motifs is 1. The highest BCUT2D eigenvalue weighted by Crippen LogP contribution is 2.55. The monoisotopic (exact) mass is 323 g/mol. The molecule has 1 aromatic carbocycles. The zero-order valence-corrected chi connectivity index (χ0v) is 13.4. The van der Waals surface area contributed by atoms with E-state index < -0.39 is 4.33 Å². The molecule has 2 atom stereocenters. The van der Waals surface area contributed by atoms with E-state index in [0.29, 0.717) is 12.5 Å². The molecule has 3 aliphatic rings. The Morgan fingerprint density at radius 2 is 1.90 bits per heavy atom. The van der Waals surface area contributed by atoms with Crippen LogP contribution in [0.3, 0.4) is 0 Å². The topological polar surface area (TPSA) is 20.3 Å². The number of carbonyl (C=O) groups excluding carboxylic acids is 1. The molecule has 21 heavy (non-hydrogen) atoms. The maximum atomic E-state index is 12.9. The van der Waals surface area contributed by atoms with Crippen molar-refractivity contribution < 1.29 is 4.79 Å². The zero-order chi connectivity index (χ0) is 14.6. The van der Waals surface area contributed by atoms with Gasteiger partial charge in [0.2, 0.25) is 5.91 Å². The second-order valence-electron chi connectivity index (χ2n) is 6.60. The number of alkyl halides is 2. The smallest absolute Gasteiger partial charge is 0.229 e. The fourth-order valence-corrected chi connectivity index (χ4v) is 4.11. The predicted molar refractivity (Wildman–Crippen MR) is 84.5 cm³/mol. The summed E-state index contributed by atoms with van der Waals surface area (Å²) in [4.78, 5) is 15.0. The van der Waals surface area contributed by atoms with E-state index in [1.165, 1.54) is 11.1 Å². The summed E-state index contributed by atoms with van der Waals surface area (Å²) in [6.45, 7) is 0. The lowest BCUT2D eigenvalue weighted by Crippen LogP contribution is -2.40. The van der Waals surface area contributed by atoms with E-state index in [2.05, 4.69) is 29.2 Å². The first kappa shape index (κ1) is 13.9. The van der Waals surface area contributed by atoms with E-state index in [1.807, 2.05) is 0 Å². The third-order valence-electron chi connectivity index (χ3n) is 4.99. The SMILES string of the molecule is O=C(C1CC1(Cl)Cl)N(C1CC1)C1CCCc2ccccc21. The second-order valence-corrected chi connectivity index (χ2v) is 8.14. The molecule has 1 amide bonds. The van der Waals surface area contributed by atoms with Gasteiger partial charge in [-0.15, -0.1) is 23.2 Å². The molecule has 0 aromatic heterocycles. The summed E-state index contributed by atoms with van der Waals surface area (Å²) in [7, 11) is 0. The van der Waals surface area contributed by atoms with Crippen molar-refractivity contribution in [1.29, 1.82) is 0 Å². The third kappa shape index (κ3) is 2.47. The summed E-state index contributed by atoms with van der Waals surface area (Å²) in [6, 6.07) is 9.17. The van der Waals surface area contributed by atoms with Crippen molar-refractivity contribution in [1.82, 2.24) is 4.90 Å². The highest BCUT2D eigenvalue weighted by Gasteiger charge is 2.59. The predicted octanol–water partition coefficient (Wildman–Crippen LogP) is 4.25. The standard InChI is InChI=1S/C17H19Cl2NO/c18-17(19)10-14(17)16(21)20(12-8-9-12)15-7-3-5-11-4-1-2-6-13(11)15/h1-2,4,6,12,14-15H,3,5,7-10H2. The molecule has 0 heterocycles. The third-order valence-corrected chi connectivity index (χ3v) is 5.83. The van der Waals surface area contributed by atoms with Gasteiger partial charge in [0.1, 0.15) is 4.33 Å². The molecule has 112 valence electrons. The lowest BCUT2D eigenvalue weighted by Gasteiger charge is -2.36. The molecule has 2 fully saturated rings. The van der Waals surface area contributed by atoms with E-state index in [1.54, 1.807) is 0 Å². The van der Waals surface area contributed by atoms with Gasteiger partial charge in [-0.05, 0) is 49.7 Å². The Hall–Kier alpha value is -0.730. The Labute approximate surface area is 135 Å². The first-order valence-electron chi connectivity index (χ1n) is 7.86. The Balaban J connectivity index is 1.65. The molecule has 0 radical (unpaired) electrons. The van der Waals surface area contributed by atoms with Crippen molar-refractivity contribution in [3.8, 4) is 0 Å². The number of aryl methyl sites for hydroxylation is 1. The van der Waals surface area contributed by atoms with Crippen LogP contribution < -0.4 is 0 Å². The number of hydrogen-bond acceptors (Lipinski definition) is 1. The highest BCUT2D eigenvalue weighted by molar-refractivity contribution is 6.52. The molecule has 2 nitrogen and oxygen atoms in total. The number of amides is 1. The summed E-state index contributed by atoms with van der Waals surface area (Å²) in [5, 5.41) is 0. The first-order valence-corrected chi connectivity index (χ1v) is 8.61. The summed E-state index contributed by atoms with van der Waals surface area (Å²) in [6.07, 6.45) is 6.17. The van der Waals surface area contributed by atoms with Crippen molar-refractivity contribution in [3.05, 3.63) is 35.4 Å². The van der Waals surface area contributed by atoms with Gasteiger partial charge in [0, 0.05) is 6.04 Å². The summed E-state index contributed by atoms with van der Waals surface area (Å²) in [5.74, 6) is -0.0280. The van der Waals surface area contributed by atoms with Crippen LogP contribution in [0.15, 0.2) is 24.3 Å². The van der Waals surface area contributed by atoms with Gasteiger partial charge in [-0.3, -0.25) is 4.79 Å². The summed E-state index contributed by atoms with van der Waals surface area (Å²) >= 11 is 12.3. The quantitative estimate of drug-likeness (QED) is 0.761. The molecule has 4 heteroatoms. The van der Waals surface area contributed by atoms with Gasteiger partial charge in [-0.1, -0.05) is 24.3 Å². The maximum absolute atomic E-state index is 12.9. The fourth-order valence-electron chi connectivity index (χ4n) is 3.62. The lowest BCUT2D eigenvalue weighted by molar-refractivity contribution is -0.136. The maximum Gasteiger partial charge on any atom is 0.229 e. The van der Waals surface area contributed by atoms with E-state index in [-0.39, 0.29) is 17.9 Å². The number of nitrogens with zero attached hydrogens (tertiary/aromatic N) is 1. The largest absolute Gasteiger partial charge is 0.332 e. The molecule has 0 saturated heterocycles. The normalized spacial score (nSPS) is 29.6. The average Bonchev–Trinajstić information content (AvgIpc) is 3.37. The van der Waals surface area contributed by atoms with Crippen LogP contribution in [0.2, 0.25) is 0 Å². The Bertz CT molecular complexity index is 582. The van der Waals surface area contributed by atoms with E-state index in [9.17, 15) is 4.79 Å². The molecule has 0 aliphatic heterocycles. The van der Waals surface area contributed by atoms with Crippen LogP contribution in [0.25, 0.3) is 0 Å². The van der Waals surface area contributed by atoms with E-state index >= 15 is 0 Å². The summed E-state index contributed by atoms with van der Waals surface area (Å²) in [5.41, 5.74) is 2.73. The van der Waals surface area contributed by atoms with Gasteiger partial charge in [0.25, 0.3) is 0 Å². The van der Waals surface area contributed by atoms with Crippen LogP contribution >= 0.6 is 23.2 Å². The number of hydrogen-bond donors (Lipinski definition) is 0. The fraction of sp³-hybridized carbons (Fsp3) is 0.588. The van der Waals surface area contributed by atoms with E-state index in [0.717, 1.165) is 32.1 Å². The Morgan fingerprint density at radius 3 is 2.57 bits per heavy atom. The van der Waals surface area contributed by atoms with Crippen molar-refractivity contribution >= 4 is 29.1 Å². The van der Waals surface area contributed by atoms with Crippen LogP contribution in [0.4, 0.5) is 0 Å². The molecule has 4 rings (SSSR count). The number of halogens is 2. The number of benzene rings is 1. The lowest BCUT2D eigenvalue weighted by atomic mass is 9.86. The van der Waals surface area contributed by atoms with Crippen LogP contribution in [0.1, 0.15) is 49.3 Å². The van der Waals surface area contributed by atoms with Crippen molar-refractivity contribution in [2.24, 2.45) is 5.92 Å². The molecule has 1 aromatic rings. The Kier molecular flexibility index (Phi) is 3.24. The van der Waals surface area contributed by atoms with Crippen molar-refractivity contribution in [3.63, 3.8) is 0 Å². The molecule has 2 unspecified atom stereocenters. The van der Waals surface area contributed by atoms with Crippen molar-refractivity contribution in [2.45, 2.75) is 54.9 Å². The van der Waals surface area contributed by atoms with Crippen LogP contribution in [-0.2, 0) is 11.2 Å².